The molecule has 0 spiro atoms. The molecule has 0 aliphatic rings. The lowest BCUT2D eigenvalue weighted by molar-refractivity contribution is -0.142. The van der Waals surface area contributed by atoms with Crippen LogP contribution in [-0.2, 0) is 32.0 Å². The van der Waals surface area contributed by atoms with Gasteiger partial charge in [-0.3, -0.25) is 14.4 Å². The zero-order chi connectivity index (χ0) is 22.8. The van der Waals surface area contributed by atoms with Crippen LogP contribution in [0.1, 0.15) is 18.2 Å². The number of carbonyl (C=O) groups excluding carboxylic acids is 3. The minimum Gasteiger partial charge on any atom is -0.480 e. The lowest BCUT2D eigenvalue weighted by Gasteiger charge is -2.23. The molecule has 11 heteroatoms. The number of aromatic nitrogens is 2. The molecule has 166 valence electrons. The van der Waals surface area contributed by atoms with E-state index in [1.807, 2.05) is 6.07 Å². The Morgan fingerprint density at radius 3 is 2.29 bits per heavy atom. The zero-order valence-electron chi connectivity index (χ0n) is 17.0. The summed E-state index contributed by atoms with van der Waals surface area (Å²) in [6, 6.07) is 5.74. The Morgan fingerprint density at radius 2 is 1.71 bits per heavy atom. The Bertz CT molecular complexity index is 887. The van der Waals surface area contributed by atoms with E-state index < -0.39 is 41.8 Å². The molecule has 1 aromatic carbocycles. The molecule has 31 heavy (non-hydrogen) atoms. The van der Waals surface area contributed by atoms with Gasteiger partial charge in [-0.05, 0) is 12.5 Å². The van der Waals surface area contributed by atoms with Crippen molar-refractivity contribution >= 4 is 23.7 Å². The van der Waals surface area contributed by atoms with Crippen LogP contribution in [0.5, 0.6) is 0 Å². The first-order valence-electron chi connectivity index (χ1n) is 9.64. The van der Waals surface area contributed by atoms with E-state index in [2.05, 4.69) is 25.9 Å². The van der Waals surface area contributed by atoms with E-state index in [9.17, 15) is 24.3 Å². The molecular formula is C20H26N6O5. The minimum absolute atomic E-state index is 0.00393. The van der Waals surface area contributed by atoms with Crippen LogP contribution in [0.2, 0.25) is 0 Å². The van der Waals surface area contributed by atoms with E-state index in [0.717, 1.165) is 5.56 Å². The number of rotatable bonds is 11. The Morgan fingerprint density at radius 1 is 1.03 bits per heavy atom. The van der Waals surface area contributed by atoms with E-state index in [1.165, 1.54) is 19.4 Å². The van der Waals surface area contributed by atoms with Crippen LogP contribution in [-0.4, -0.2) is 63.4 Å². The molecule has 7 N–H and O–H groups in total. The third-order valence-corrected chi connectivity index (χ3v) is 4.47. The fourth-order valence-corrected chi connectivity index (χ4v) is 2.81. The molecule has 2 aromatic rings. The van der Waals surface area contributed by atoms with Crippen LogP contribution in [0.4, 0.5) is 0 Å². The molecule has 1 heterocycles. The first-order chi connectivity index (χ1) is 14.8. The van der Waals surface area contributed by atoms with Gasteiger partial charge in [0, 0.05) is 24.7 Å². The number of nitrogens with zero attached hydrogens (tertiary/aromatic N) is 1. The minimum atomic E-state index is -1.23. The van der Waals surface area contributed by atoms with Crippen molar-refractivity contribution in [2.45, 2.75) is 37.9 Å². The van der Waals surface area contributed by atoms with Crippen molar-refractivity contribution in [2.75, 3.05) is 6.54 Å². The highest BCUT2D eigenvalue weighted by Crippen LogP contribution is 2.06. The van der Waals surface area contributed by atoms with E-state index in [4.69, 9.17) is 5.73 Å². The van der Waals surface area contributed by atoms with Crippen molar-refractivity contribution in [2.24, 2.45) is 5.73 Å². The normalized spacial score (nSPS) is 13.5. The fraction of sp³-hybridized carbons (Fsp3) is 0.350. The van der Waals surface area contributed by atoms with E-state index >= 15 is 0 Å². The second kappa shape index (κ2) is 11.5. The highest BCUT2D eigenvalue weighted by molar-refractivity contribution is 5.93. The van der Waals surface area contributed by atoms with Gasteiger partial charge in [0.05, 0.1) is 12.9 Å². The van der Waals surface area contributed by atoms with Crippen molar-refractivity contribution in [1.82, 2.24) is 25.9 Å². The van der Waals surface area contributed by atoms with Crippen molar-refractivity contribution in [3.05, 3.63) is 54.1 Å². The Labute approximate surface area is 178 Å². The first-order valence-corrected chi connectivity index (χ1v) is 9.64. The molecule has 0 saturated heterocycles. The van der Waals surface area contributed by atoms with Gasteiger partial charge in [-0.1, -0.05) is 30.3 Å². The molecular weight excluding hydrogens is 404 g/mol. The summed E-state index contributed by atoms with van der Waals surface area (Å²) < 4.78 is 0. The summed E-state index contributed by atoms with van der Waals surface area (Å²) in [5.74, 6) is -3.01. The van der Waals surface area contributed by atoms with Gasteiger partial charge < -0.3 is 31.8 Å². The fourth-order valence-electron chi connectivity index (χ4n) is 2.81. The number of imidazole rings is 1. The summed E-state index contributed by atoms with van der Waals surface area (Å²) >= 11 is 0. The summed E-state index contributed by atoms with van der Waals surface area (Å²) in [4.78, 5) is 55.1. The quantitative estimate of drug-likeness (QED) is 0.257. The number of aromatic amines is 1. The van der Waals surface area contributed by atoms with Crippen LogP contribution in [0.15, 0.2) is 42.9 Å². The molecule has 0 bridgehead atoms. The lowest BCUT2D eigenvalue weighted by Crippen LogP contribution is -2.56. The van der Waals surface area contributed by atoms with Crippen LogP contribution < -0.4 is 21.7 Å². The third kappa shape index (κ3) is 7.55. The number of benzene rings is 1. The van der Waals surface area contributed by atoms with Gasteiger partial charge in [0.1, 0.15) is 18.1 Å². The highest BCUT2D eigenvalue weighted by Gasteiger charge is 2.28. The largest absolute Gasteiger partial charge is 0.480 e. The van der Waals surface area contributed by atoms with Crippen molar-refractivity contribution in [1.29, 1.82) is 0 Å². The molecule has 0 saturated carbocycles. The van der Waals surface area contributed by atoms with Gasteiger partial charge in [-0.15, -0.1) is 0 Å². The third-order valence-electron chi connectivity index (χ3n) is 4.47. The number of nitrogens with two attached hydrogens (primary N) is 1. The first kappa shape index (κ1) is 23.5. The Hall–Kier alpha value is -3.73. The molecule has 3 unspecified atom stereocenters. The van der Waals surface area contributed by atoms with Crippen molar-refractivity contribution < 1.29 is 24.3 Å². The zero-order valence-corrected chi connectivity index (χ0v) is 17.0. The topological polar surface area (TPSA) is 179 Å². The van der Waals surface area contributed by atoms with Gasteiger partial charge in [0.25, 0.3) is 0 Å². The predicted octanol–water partition coefficient (Wildman–Crippen LogP) is -1.29. The number of hydrogen-bond donors (Lipinski definition) is 6. The molecule has 0 aliphatic carbocycles. The van der Waals surface area contributed by atoms with E-state index in [-0.39, 0.29) is 19.4 Å². The molecule has 0 fully saturated rings. The van der Waals surface area contributed by atoms with E-state index in [1.54, 1.807) is 24.3 Å². The maximum Gasteiger partial charge on any atom is 0.326 e. The molecule has 2 rings (SSSR count). The van der Waals surface area contributed by atoms with Gasteiger partial charge in [0.2, 0.25) is 17.7 Å². The summed E-state index contributed by atoms with van der Waals surface area (Å²) in [6.45, 7) is 1.18. The van der Waals surface area contributed by atoms with Crippen LogP contribution >= 0.6 is 0 Å². The number of amides is 3. The number of H-pyrrole nitrogens is 1. The van der Waals surface area contributed by atoms with Gasteiger partial charge >= 0.3 is 5.97 Å². The summed E-state index contributed by atoms with van der Waals surface area (Å²) in [7, 11) is 0. The number of carboxylic acids is 1. The second-order valence-corrected chi connectivity index (χ2v) is 6.92. The number of carboxylic acid groups (broad SMARTS) is 1. The average Bonchev–Trinajstić information content (AvgIpc) is 3.26. The Balaban J connectivity index is 2.13. The number of hydrogen-bond acceptors (Lipinski definition) is 6. The molecule has 1 aromatic heterocycles. The number of nitrogens with one attached hydrogen (secondary N) is 4. The number of aliphatic carboxylic acids is 1. The van der Waals surface area contributed by atoms with Gasteiger partial charge in [-0.25, -0.2) is 9.78 Å². The maximum atomic E-state index is 12.9. The van der Waals surface area contributed by atoms with Gasteiger partial charge in [-0.2, -0.15) is 0 Å². The molecule has 11 nitrogen and oxygen atoms in total. The lowest BCUT2D eigenvalue weighted by atomic mass is 10.0. The standard InChI is InChI=1S/C20H26N6O5/c1-12(24-17(27)9-21)18(28)25-15(7-13-5-3-2-4-6-13)19(29)26-16(20(30)31)8-14-10-22-11-23-14/h2-6,10-12,15-16H,7-9,21H2,1H3,(H,22,23)(H,24,27)(H,25,28)(H,26,29)(H,30,31). The van der Waals surface area contributed by atoms with Crippen LogP contribution in [0.25, 0.3) is 0 Å². The summed E-state index contributed by atoms with van der Waals surface area (Å²) in [6.07, 6.45) is 3.00. The molecule has 3 atom stereocenters. The molecule has 0 aliphatic heterocycles. The second-order valence-electron chi connectivity index (χ2n) is 6.92. The number of carbonyl (C=O) groups is 4. The Kier molecular flexibility index (Phi) is 8.70. The van der Waals surface area contributed by atoms with Crippen LogP contribution in [0, 0.1) is 0 Å². The molecule has 0 radical (unpaired) electrons. The SMILES string of the molecule is CC(NC(=O)CN)C(=O)NC(Cc1ccccc1)C(=O)NC(Cc1cnc[nH]1)C(=O)O. The smallest absolute Gasteiger partial charge is 0.326 e. The maximum absolute atomic E-state index is 12.9. The predicted molar refractivity (Wildman–Crippen MR) is 111 cm³/mol. The summed E-state index contributed by atoms with van der Waals surface area (Å²) in [5, 5.41) is 16.9. The highest BCUT2D eigenvalue weighted by atomic mass is 16.4. The van der Waals surface area contributed by atoms with E-state index in [0.29, 0.717) is 5.69 Å². The van der Waals surface area contributed by atoms with Crippen LogP contribution in [0.3, 0.4) is 0 Å². The monoisotopic (exact) mass is 430 g/mol. The average molecular weight is 430 g/mol. The molecule has 3 amide bonds. The summed E-state index contributed by atoms with van der Waals surface area (Å²) in [5.41, 5.74) is 6.54. The van der Waals surface area contributed by atoms with Crippen molar-refractivity contribution in [3.8, 4) is 0 Å². The van der Waals surface area contributed by atoms with Gasteiger partial charge in [0.15, 0.2) is 0 Å². The van der Waals surface area contributed by atoms with Crippen molar-refractivity contribution in [3.63, 3.8) is 0 Å².